The van der Waals surface area contributed by atoms with Crippen LogP contribution >= 0.6 is 11.8 Å². The maximum absolute atomic E-state index is 13.6. The molecular weight excluding hydrogens is 222 g/mol. The van der Waals surface area contributed by atoms with E-state index in [4.69, 9.17) is 5.11 Å². The van der Waals surface area contributed by atoms with E-state index in [0.29, 0.717) is 0 Å². The molecule has 1 N–H and O–H groups in total. The standard InChI is InChI=1S/C10H10F2O2S/c1-5(10(13)14)8-6(11)3-4-7(15-2)9(8)12/h3-5H,1-2H3,(H,13,14). The van der Waals surface area contributed by atoms with E-state index in [1.807, 2.05) is 0 Å². The monoisotopic (exact) mass is 232 g/mol. The number of thioether (sulfide) groups is 1. The third-order valence-corrected chi connectivity index (χ3v) is 2.87. The van der Waals surface area contributed by atoms with Gasteiger partial charge in [0, 0.05) is 10.5 Å². The molecule has 0 fully saturated rings. The summed E-state index contributed by atoms with van der Waals surface area (Å²) < 4.78 is 26.9. The molecule has 2 nitrogen and oxygen atoms in total. The smallest absolute Gasteiger partial charge is 0.310 e. The Bertz CT molecular complexity index is 393. The second kappa shape index (κ2) is 4.61. The van der Waals surface area contributed by atoms with Crippen molar-refractivity contribution in [2.75, 3.05) is 6.26 Å². The van der Waals surface area contributed by atoms with Crippen LogP contribution in [0, 0.1) is 11.6 Å². The van der Waals surface area contributed by atoms with Crippen LogP contribution in [0.2, 0.25) is 0 Å². The number of carboxylic acids is 1. The Balaban J connectivity index is 3.32. The molecule has 82 valence electrons. The lowest BCUT2D eigenvalue weighted by molar-refractivity contribution is -0.138. The summed E-state index contributed by atoms with van der Waals surface area (Å²) in [4.78, 5) is 10.9. The molecule has 15 heavy (non-hydrogen) atoms. The van der Waals surface area contributed by atoms with Gasteiger partial charge in [0.2, 0.25) is 0 Å². The maximum Gasteiger partial charge on any atom is 0.310 e. The van der Waals surface area contributed by atoms with E-state index < -0.39 is 23.5 Å². The molecule has 0 bridgehead atoms. The minimum absolute atomic E-state index is 0.250. The summed E-state index contributed by atoms with van der Waals surface area (Å²) in [6.45, 7) is 1.26. The number of aliphatic carboxylic acids is 1. The fourth-order valence-corrected chi connectivity index (χ4v) is 1.72. The van der Waals surface area contributed by atoms with Gasteiger partial charge in [-0.2, -0.15) is 0 Å². The van der Waals surface area contributed by atoms with E-state index in [1.165, 1.54) is 13.0 Å². The van der Waals surface area contributed by atoms with Gasteiger partial charge in [0.05, 0.1) is 5.92 Å². The average molecular weight is 232 g/mol. The zero-order chi connectivity index (χ0) is 11.6. The first-order valence-corrected chi connectivity index (χ1v) is 5.46. The third kappa shape index (κ3) is 2.28. The molecule has 1 aromatic rings. The van der Waals surface area contributed by atoms with E-state index in [0.717, 1.165) is 17.8 Å². The molecule has 0 radical (unpaired) electrons. The number of halogens is 2. The second-order valence-corrected chi connectivity index (χ2v) is 3.89. The molecule has 1 unspecified atom stereocenters. The molecule has 1 rings (SSSR count). The first kappa shape index (κ1) is 12.0. The topological polar surface area (TPSA) is 37.3 Å². The Labute approximate surface area is 90.3 Å². The first-order chi connectivity index (χ1) is 6.99. The molecule has 0 spiro atoms. The van der Waals surface area contributed by atoms with Crippen LogP contribution in [0.1, 0.15) is 18.4 Å². The SMILES string of the molecule is CSc1ccc(F)c(C(C)C(=O)O)c1F. The van der Waals surface area contributed by atoms with E-state index >= 15 is 0 Å². The lowest BCUT2D eigenvalue weighted by Gasteiger charge is -2.11. The molecule has 5 heteroatoms. The van der Waals surface area contributed by atoms with Gasteiger partial charge >= 0.3 is 5.97 Å². The fraction of sp³-hybridized carbons (Fsp3) is 0.300. The largest absolute Gasteiger partial charge is 0.481 e. The highest BCUT2D eigenvalue weighted by Crippen LogP contribution is 2.29. The number of carboxylic acid groups (broad SMARTS) is 1. The molecule has 0 aromatic heterocycles. The molecule has 0 aliphatic rings. The number of hydrogen-bond acceptors (Lipinski definition) is 2. The summed E-state index contributed by atoms with van der Waals surface area (Å²) in [6.07, 6.45) is 1.64. The van der Waals surface area contributed by atoms with Crippen LogP contribution in [-0.2, 0) is 4.79 Å². The van der Waals surface area contributed by atoms with E-state index in [2.05, 4.69) is 0 Å². The van der Waals surface area contributed by atoms with E-state index in [9.17, 15) is 13.6 Å². The second-order valence-electron chi connectivity index (χ2n) is 3.04. The Morgan fingerprint density at radius 3 is 2.53 bits per heavy atom. The average Bonchev–Trinajstić information content (AvgIpc) is 2.17. The predicted octanol–water partition coefficient (Wildman–Crippen LogP) is 2.87. The van der Waals surface area contributed by atoms with Crippen molar-refractivity contribution >= 4 is 17.7 Å². The van der Waals surface area contributed by atoms with Gasteiger partial charge in [-0.15, -0.1) is 11.8 Å². The van der Waals surface area contributed by atoms with Crippen molar-refractivity contribution < 1.29 is 18.7 Å². The van der Waals surface area contributed by atoms with Gasteiger partial charge in [0.1, 0.15) is 11.6 Å². The molecule has 1 aromatic carbocycles. The number of carbonyl (C=O) groups is 1. The number of hydrogen-bond donors (Lipinski definition) is 1. The normalized spacial score (nSPS) is 12.5. The number of rotatable bonds is 3. The summed E-state index contributed by atoms with van der Waals surface area (Å²) >= 11 is 1.11. The van der Waals surface area contributed by atoms with Gasteiger partial charge in [-0.25, -0.2) is 8.78 Å². The van der Waals surface area contributed by atoms with Gasteiger partial charge in [0.15, 0.2) is 0 Å². The zero-order valence-corrected chi connectivity index (χ0v) is 9.07. The molecule has 0 aliphatic carbocycles. The van der Waals surface area contributed by atoms with Crippen molar-refractivity contribution in [1.82, 2.24) is 0 Å². The minimum atomic E-state index is -1.24. The Morgan fingerprint density at radius 1 is 1.47 bits per heavy atom. The van der Waals surface area contributed by atoms with Crippen molar-refractivity contribution in [1.29, 1.82) is 0 Å². The summed E-state index contributed by atoms with van der Waals surface area (Å²) in [5, 5.41) is 8.71. The van der Waals surface area contributed by atoms with Gasteiger partial charge in [-0.05, 0) is 25.3 Å². The van der Waals surface area contributed by atoms with Crippen LogP contribution in [0.3, 0.4) is 0 Å². The zero-order valence-electron chi connectivity index (χ0n) is 8.25. The molecule has 1 atom stereocenters. The van der Waals surface area contributed by atoms with Gasteiger partial charge in [-0.1, -0.05) is 0 Å². The maximum atomic E-state index is 13.6. The van der Waals surface area contributed by atoms with Crippen molar-refractivity contribution in [3.05, 3.63) is 29.3 Å². The van der Waals surface area contributed by atoms with Crippen molar-refractivity contribution in [3.8, 4) is 0 Å². The highest BCUT2D eigenvalue weighted by atomic mass is 32.2. The summed E-state index contributed by atoms with van der Waals surface area (Å²) in [7, 11) is 0. The van der Waals surface area contributed by atoms with Crippen LogP contribution in [0.4, 0.5) is 8.78 Å². The Hall–Kier alpha value is -1.10. The Morgan fingerprint density at radius 2 is 2.07 bits per heavy atom. The van der Waals surface area contributed by atoms with Crippen molar-refractivity contribution in [2.24, 2.45) is 0 Å². The number of benzene rings is 1. The lowest BCUT2D eigenvalue weighted by Crippen LogP contribution is -2.12. The van der Waals surface area contributed by atoms with Crippen molar-refractivity contribution in [3.63, 3.8) is 0 Å². The van der Waals surface area contributed by atoms with Crippen LogP contribution in [0.5, 0.6) is 0 Å². The summed E-state index contributed by atoms with van der Waals surface area (Å²) in [5.74, 6) is -4.03. The first-order valence-electron chi connectivity index (χ1n) is 4.23. The molecule has 0 saturated carbocycles. The van der Waals surface area contributed by atoms with E-state index in [1.54, 1.807) is 6.26 Å². The van der Waals surface area contributed by atoms with Crippen LogP contribution in [0.15, 0.2) is 17.0 Å². The summed E-state index contributed by atoms with van der Waals surface area (Å²) in [5.41, 5.74) is -0.380. The van der Waals surface area contributed by atoms with Crippen LogP contribution < -0.4 is 0 Å². The van der Waals surface area contributed by atoms with Crippen molar-refractivity contribution in [2.45, 2.75) is 17.7 Å². The van der Waals surface area contributed by atoms with Gasteiger partial charge in [-0.3, -0.25) is 4.79 Å². The van der Waals surface area contributed by atoms with Gasteiger partial charge < -0.3 is 5.11 Å². The highest BCUT2D eigenvalue weighted by Gasteiger charge is 2.23. The van der Waals surface area contributed by atoms with E-state index in [-0.39, 0.29) is 10.5 Å². The predicted molar refractivity (Wildman–Crippen MR) is 54.2 cm³/mol. The quantitative estimate of drug-likeness (QED) is 0.814. The van der Waals surface area contributed by atoms with Gasteiger partial charge in [0.25, 0.3) is 0 Å². The molecule has 0 amide bonds. The fourth-order valence-electron chi connectivity index (χ4n) is 1.23. The molecule has 0 saturated heterocycles. The molecule has 0 heterocycles. The highest BCUT2D eigenvalue weighted by molar-refractivity contribution is 7.98. The molecular formula is C10H10F2O2S. The lowest BCUT2D eigenvalue weighted by atomic mass is 10.0. The van der Waals surface area contributed by atoms with Crippen LogP contribution in [0.25, 0.3) is 0 Å². The van der Waals surface area contributed by atoms with Crippen LogP contribution in [-0.4, -0.2) is 17.3 Å². The third-order valence-electron chi connectivity index (χ3n) is 2.11. The minimum Gasteiger partial charge on any atom is -0.481 e. The summed E-state index contributed by atoms with van der Waals surface area (Å²) in [6, 6.07) is 2.39. The Kier molecular flexibility index (Phi) is 3.68. The molecule has 0 aliphatic heterocycles.